The zero-order chi connectivity index (χ0) is 14.7. The molecule has 0 aliphatic carbocycles. The Labute approximate surface area is 126 Å². The third-order valence-corrected chi connectivity index (χ3v) is 3.47. The summed E-state index contributed by atoms with van der Waals surface area (Å²) in [6.45, 7) is 3.82. The van der Waals surface area contributed by atoms with Crippen molar-refractivity contribution in [2.45, 2.75) is 19.9 Å². The van der Waals surface area contributed by atoms with Gasteiger partial charge in [0.15, 0.2) is 0 Å². The maximum absolute atomic E-state index is 12.2. The van der Waals surface area contributed by atoms with Gasteiger partial charge in [0.25, 0.3) is 0 Å². The molecule has 20 heavy (non-hydrogen) atoms. The summed E-state index contributed by atoms with van der Waals surface area (Å²) >= 11 is 3.29. The molecule has 0 radical (unpaired) electrons. The van der Waals surface area contributed by atoms with E-state index in [1.54, 1.807) is 12.1 Å². The summed E-state index contributed by atoms with van der Waals surface area (Å²) in [5, 5.41) is 2.80. The van der Waals surface area contributed by atoms with Gasteiger partial charge >= 0.3 is 0 Å². The average Bonchev–Trinajstić information content (AvgIpc) is 2.42. The minimum absolute atomic E-state index is 0.249. The summed E-state index contributed by atoms with van der Waals surface area (Å²) in [5.41, 5.74) is 9.30. The Kier molecular flexibility index (Phi) is 4.52. The van der Waals surface area contributed by atoms with Crippen molar-refractivity contribution in [3.05, 3.63) is 57.8 Å². The average molecular weight is 334 g/mol. The number of nitrogens with one attached hydrogen (secondary N) is 1. The molecule has 3 N–H and O–H groups in total. The fourth-order valence-corrected chi connectivity index (χ4v) is 2.20. The van der Waals surface area contributed by atoms with E-state index in [9.17, 15) is 4.79 Å². The van der Waals surface area contributed by atoms with Gasteiger partial charge < -0.3 is 11.1 Å². The molecule has 0 bridgehead atoms. The molecule has 1 aromatic heterocycles. The third kappa shape index (κ3) is 3.43. The molecule has 0 aliphatic rings. The largest absolute Gasteiger partial charge is 0.323 e. The second-order valence-corrected chi connectivity index (χ2v) is 5.46. The fraction of sp³-hybridized carbons (Fsp3) is 0.200. The number of pyridine rings is 1. The van der Waals surface area contributed by atoms with Gasteiger partial charge in [0.1, 0.15) is 10.6 Å². The number of nitrogens with zero attached hydrogens (tertiary/aromatic N) is 1. The van der Waals surface area contributed by atoms with Gasteiger partial charge in [0, 0.05) is 0 Å². The van der Waals surface area contributed by atoms with Gasteiger partial charge in [0.05, 0.1) is 11.4 Å². The van der Waals surface area contributed by atoms with Crippen LogP contribution in [0.3, 0.4) is 0 Å². The number of nitrogens with two attached hydrogens (primary N) is 1. The number of carbonyl (C=O) groups excluding carboxylic acids is 1. The smallest absolute Gasteiger partial charge is 0.245 e. The van der Waals surface area contributed by atoms with E-state index < -0.39 is 6.04 Å². The van der Waals surface area contributed by atoms with Crippen molar-refractivity contribution in [2.24, 2.45) is 5.73 Å². The summed E-state index contributed by atoms with van der Waals surface area (Å²) < 4.78 is 0.732. The van der Waals surface area contributed by atoms with Crippen LogP contribution < -0.4 is 11.1 Å². The SMILES string of the molecule is Cc1ccc(C(N)C(=O)Nc2ccc(Br)nc2C)cc1. The van der Waals surface area contributed by atoms with E-state index in [4.69, 9.17) is 5.73 Å². The van der Waals surface area contributed by atoms with Crippen LogP contribution in [0.25, 0.3) is 0 Å². The summed E-state index contributed by atoms with van der Waals surface area (Å²) in [6, 6.07) is 10.5. The molecule has 1 unspecified atom stereocenters. The predicted octanol–water partition coefficient (Wildman–Crippen LogP) is 3.10. The van der Waals surface area contributed by atoms with E-state index in [1.807, 2.05) is 38.1 Å². The molecule has 0 fully saturated rings. The maximum atomic E-state index is 12.2. The van der Waals surface area contributed by atoms with E-state index in [0.29, 0.717) is 5.69 Å². The van der Waals surface area contributed by atoms with Gasteiger partial charge in [-0.15, -0.1) is 0 Å². The lowest BCUT2D eigenvalue weighted by atomic mass is 10.1. The highest BCUT2D eigenvalue weighted by Crippen LogP contribution is 2.18. The van der Waals surface area contributed by atoms with Crippen LogP contribution in [-0.2, 0) is 4.79 Å². The second-order valence-electron chi connectivity index (χ2n) is 4.64. The highest BCUT2D eigenvalue weighted by Gasteiger charge is 2.16. The van der Waals surface area contributed by atoms with Crippen molar-refractivity contribution in [3.8, 4) is 0 Å². The van der Waals surface area contributed by atoms with Gasteiger partial charge in [-0.1, -0.05) is 29.8 Å². The zero-order valence-corrected chi connectivity index (χ0v) is 12.9. The molecule has 2 rings (SSSR count). The van der Waals surface area contributed by atoms with Crippen LogP contribution in [0.15, 0.2) is 41.0 Å². The Morgan fingerprint density at radius 3 is 2.45 bits per heavy atom. The molecule has 4 nitrogen and oxygen atoms in total. The molecule has 1 amide bonds. The number of benzene rings is 1. The van der Waals surface area contributed by atoms with Crippen LogP contribution in [0.1, 0.15) is 22.9 Å². The Morgan fingerprint density at radius 1 is 1.20 bits per heavy atom. The normalized spacial score (nSPS) is 12.0. The first-order chi connectivity index (χ1) is 9.47. The summed E-state index contributed by atoms with van der Waals surface area (Å²) in [6.07, 6.45) is 0. The van der Waals surface area contributed by atoms with E-state index in [0.717, 1.165) is 21.4 Å². The lowest BCUT2D eigenvalue weighted by Crippen LogP contribution is -2.28. The van der Waals surface area contributed by atoms with Crippen LogP contribution in [0.5, 0.6) is 0 Å². The Balaban J connectivity index is 2.13. The van der Waals surface area contributed by atoms with Crippen molar-refractivity contribution < 1.29 is 4.79 Å². The number of rotatable bonds is 3. The number of aromatic nitrogens is 1. The van der Waals surface area contributed by atoms with Gasteiger partial charge in [-0.2, -0.15) is 0 Å². The van der Waals surface area contributed by atoms with Crippen LogP contribution in [-0.4, -0.2) is 10.9 Å². The Bertz CT molecular complexity index is 626. The summed E-state index contributed by atoms with van der Waals surface area (Å²) in [4.78, 5) is 16.4. The molecule has 1 atom stereocenters. The number of hydrogen-bond donors (Lipinski definition) is 2. The molecular weight excluding hydrogens is 318 g/mol. The van der Waals surface area contributed by atoms with Crippen LogP contribution in [0.4, 0.5) is 5.69 Å². The monoisotopic (exact) mass is 333 g/mol. The van der Waals surface area contributed by atoms with E-state index in [2.05, 4.69) is 26.2 Å². The lowest BCUT2D eigenvalue weighted by molar-refractivity contribution is -0.117. The quantitative estimate of drug-likeness (QED) is 0.848. The standard InChI is InChI=1S/C15H16BrN3O/c1-9-3-5-11(6-4-9)14(17)15(20)19-12-7-8-13(16)18-10(12)2/h3-8,14H,17H2,1-2H3,(H,19,20). The van der Waals surface area contributed by atoms with Crippen LogP contribution in [0, 0.1) is 13.8 Å². The number of aryl methyl sites for hydroxylation is 2. The first-order valence-corrected chi connectivity index (χ1v) is 7.03. The number of halogens is 1. The van der Waals surface area contributed by atoms with Crippen molar-refractivity contribution >= 4 is 27.5 Å². The lowest BCUT2D eigenvalue weighted by Gasteiger charge is -2.14. The minimum atomic E-state index is -0.696. The van der Waals surface area contributed by atoms with Crippen LogP contribution >= 0.6 is 15.9 Å². The first kappa shape index (κ1) is 14.7. The highest BCUT2D eigenvalue weighted by atomic mass is 79.9. The molecule has 0 aliphatic heterocycles. The highest BCUT2D eigenvalue weighted by molar-refractivity contribution is 9.10. The molecular formula is C15H16BrN3O. The molecule has 0 spiro atoms. The van der Waals surface area contributed by atoms with E-state index >= 15 is 0 Å². The van der Waals surface area contributed by atoms with Gasteiger partial charge in [-0.3, -0.25) is 4.79 Å². The van der Waals surface area contributed by atoms with E-state index in [-0.39, 0.29) is 5.91 Å². The molecule has 0 saturated heterocycles. The van der Waals surface area contributed by atoms with Crippen molar-refractivity contribution in [1.29, 1.82) is 0 Å². The van der Waals surface area contributed by atoms with Gasteiger partial charge in [-0.05, 0) is 47.5 Å². The molecule has 5 heteroatoms. The molecule has 0 saturated carbocycles. The second kappa shape index (κ2) is 6.15. The minimum Gasteiger partial charge on any atom is -0.323 e. The number of anilines is 1. The number of amides is 1. The van der Waals surface area contributed by atoms with Gasteiger partial charge in [0.2, 0.25) is 5.91 Å². The fourth-order valence-electron chi connectivity index (χ4n) is 1.80. The van der Waals surface area contributed by atoms with E-state index in [1.165, 1.54) is 0 Å². The third-order valence-electron chi connectivity index (χ3n) is 3.03. The van der Waals surface area contributed by atoms with Crippen molar-refractivity contribution in [2.75, 3.05) is 5.32 Å². The maximum Gasteiger partial charge on any atom is 0.245 e. The molecule has 104 valence electrons. The Hall–Kier alpha value is -1.72. The van der Waals surface area contributed by atoms with Crippen molar-refractivity contribution in [3.63, 3.8) is 0 Å². The van der Waals surface area contributed by atoms with Gasteiger partial charge in [-0.25, -0.2) is 4.98 Å². The predicted molar refractivity (Wildman–Crippen MR) is 83.4 cm³/mol. The van der Waals surface area contributed by atoms with Crippen molar-refractivity contribution in [1.82, 2.24) is 4.98 Å². The number of carbonyl (C=O) groups is 1. The molecule has 1 aromatic carbocycles. The van der Waals surface area contributed by atoms with Crippen LogP contribution in [0.2, 0.25) is 0 Å². The molecule has 1 heterocycles. The molecule has 2 aromatic rings. The number of hydrogen-bond acceptors (Lipinski definition) is 3. The zero-order valence-electron chi connectivity index (χ0n) is 11.4. The Morgan fingerprint density at radius 2 is 1.85 bits per heavy atom. The summed E-state index contributed by atoms with van der Waals surface area (Å²) in [5.74, 6) is -0.249. The summed E-state index contributed by atoms with van der Waals surface area (Å²) in [7, 11) is 0. The first-order valence-electron chi connectivity index (χ1n) is 6.23. The topological polar surface area (TPSA) is 68.0 Å².